The number of anilines is 2. The van der Waals surface area contributed by atoms with Crippen LogP contribution in [0.15, 0.2) is 47.5 Å². The zero-order valence-corrected chi connectivity index (χ0v) is 16.1. The highest BCUT2D eigenvalue weighted by molar-refractivity contribution is 5.94. The third-order valence-corrected chi connectivity index (χ3v) is 3.66. The van der Waals surface area contributed by atoms with Gasteiger partial charge in [0.1, 0.15) is 0 Å². The van der Waals surface area contributed by atoms with Crippen LogP contribution in [0.2, 0.25) is 0 Å². The molecular formula is C20H26N4O3. The number of amides is 1. The number of carbonyl (C=O) groups is 1. The fourth-order valence-corrected chi connectivity index (χ4v) is 2.48. The Morgan fingerprint density at radius 2 is 1.74 bits per heavy atom. The Balaban J connectivity index is 2.13. The molecule has 0 radical (unpaired) electrons. The molecule has 27 heavy (non-hydrogen) atoms. The summed E-state index contributed by atoms with van der Waals surface area (Å²) in [5, 5.41) is 9.24. The van der Waals surface area contributed by atoms with E-state index in [1.165, 1.54) is 6.92 Å². The van der Waals surface area contributed by atoms with Gasteiger partial charge < -0.3 is 25.4 Å². The van der Waals surface area contributed by atoms with Crippen LogP contribution in [-0.4, -0.2) is 32.6 Å². The van der Waals surface area contributed by atoms with Gasteiger partial charge in [0, 0.05) is 30.9 Å². The van der Waals surface area contributed by atoms with Crippen LogP contribution in [0.5, 0.6) is 11.5 Å². The first-order valence-corrected chi connectivity index (χ1v) is 8.69. The molecule has 0 heterocycles. The van der Waals surface area contributed by atoms with E-state index in [-0.39, 0.29) is 5.91 Å². The maximum atomic E-state index is 11.2. The number of hydrogen-bond donors (Lipinski definition) is 3. The molecule has 0 spiro atoms. The van der Waals surface area contributed by atoms with Gasteiger partial charge in [0.05, 0.1) is 20.8 Å². The van der Waals surface area contributed by atoms with Crippen LogP contribution >= 0.6 is 0 Å². The molecule has 0 aliphatic carbocycles. The van der Waals surface area contributed by atoms with Gasteiger partial charge in [0.25, 0.3) is 0 Å². The van der Waals surface area contributed by atoms with Gasteiger partial charge in [-0.2, -0.15) is 0 Å². The van der Waals surface area contributed by atoms with Crippen molar-refractivity contribution in [3.63, 3.8) is 0 Å². The summed E-state index contributed by atoms with van der Waals surface area (Å²) in [6.45, 7) is 4.69. The number of carbonyl (C=O) groups excluding carboxylic acids is 1. The molecule has 0 atom stereocenters. The number of aliphatic imine (C=N–C) groups is 1. The average Bonchev–Trinajstić information content (AvgIpc) is 2.66. The summed E-state index contributed by atoms with van der Waals surface area (Å²) in [6, 6.07) is 13.2. The number of guanidine groups is 1. The van der Waals surface area contributed by atoms with Crippen molar-refractivity contribution >= 4 is 23.2 Å². The predicted octanol–water partition coefficient (Wildman–Crippen LogP) is 3.24. The number of nitrogens with zero attached hydrogens (tertiary/aromatic N) is 1. The van der Waals surface area contributed by atoms with Crippen LogP contribution in [0.3, 0.4) is 0 Å². The van der Waals surface area contributed by atoms with Crippen molar-refractivity contribution in [2.75, 3.05) is 31.4 Å². The Labute approximate surface area is 159 Å². The maximum absolute atomic E-state index is 11.2. The summed E-state index contributed by atoms with van der Waals surface area (Å²) < 4.78 is 10.6. The third kappa shape index (κ3) is 6.22. The van der Waals surface area contributed by atoms with Crippen molar-refractivity contribution in [3.8, 4) is 11.5 Å². The molecule has 0 saturated carbocycles. The van der Waals surface area contributed by atoms with Gasteiger partial charge in [-0.25, -0.2) is 4.99 Å². The summed E-state index contributed by atoms with van der Waals surface area (Å²) in [5.74, 6) is 1.86. The van der Waals surface area contributed by atoms with Gasteiger partial charge in [-0.15, -0.1) is 0 Å². The van der Waals surface area contributed by atoms with Crippen molar-refractivity contribution in [2.45, 2.75) is 20.4 Å². The van der Waals surface area contributed by atoms with E-state index in [0.717, 1.165) is 23.5 Å². The van der Waals surface area contributed by atoms with E-state index in [1.807, 2.05) is 49.4 Å². The summed E-state index contributed by atoms with van der Waals surface area (Å²) in [4.78, 5) is 15.8. The Bertz CT molecular complexity index is 806. The zero-order valence-electron chi connectivity index (χ0n) is 16.1. The van der Waals surface area contributed by atoms with Crippen LogP contribution in [0.25, 0.3) is 0 Å². The molecule has 2 rings (SSSR count). The van der Waals surface area contributed by atoms with Crippen LogP contribution in [0, 0.1) is 0 Å². The predicted molar refractivity (Wildman–Crippen MR) is 109 cm³/mol. The first-order valence-electron chi connectivity index (χ1n) is 8.69. The molecule has 0 unspecified atom stereocenters. The number of benzene rings is 2. The highest BCUT2D eigenvalue weighted by Gasteiger charge is 2.06. The Hall–Kier alpha value is -3.22. The minimum Gasteiger partial charge on any atom is -0.493 e. The molecule has 1 amide bonds. The van der Waals surface area contributed by atoms with E-state index in [4.69, 9.17) is 9.47 Å². The monoisotopic (exact) mass is 370 g/mol. The number of methoxy groups -OCH3 is 2. The zero-order chi connectivity index (χ0) is 19.6. The Morgan fingerprint density at radius 1 is 1.00 bits per heavy atom. The Kier molecular flexibility index (Phi) is 7.49. The molecule has 0 saturated heterocycles. The fraction of sp³-hybridized carbons (Fsp3) is 0.300. The van der Waals surface area contributed by atoms with Gasteiger partial charge >= 0.3 is 0 Å². The SMILES string of the molecule is CCNC(=NCc1cccc(NC(C)=O)c1)Nc1ccc(OC)c(OC)c1. The summed E-state index contributed by atoms with van der Waals surface area (Å²) in [5.41, 5.74) is 2.58. The van der Waals surface area contributed by atoms with Crippen LogP contribution < -0.4 is 25.4 Å². The lowest BCUT2D eigenvalue weighted by atomic mass is 10.2. The smallest absolute Gasteiger partial charge is 0.221 e. The summed E-state index contributed by atoms with van der Waals surface area (Å²) >= 11 is 0. The lowest BCUT2D eigenvalue weighted by molar-refractivity contribution is -0.114. The second-order valence-electron chi connectivity index (χ2n) is 5.77. The van der Waals surface area contributed by atoms with Crippen molar-refractivity contribution in [2.24, 2.45) is 4.99 Å². The van der Waals surface area contributed by atoms with E-state index >= 15 is 0 Å². The van der Waals surface area contributed by atoms with E-state index in [1.54, 1.807) is 14.2 Å². The van der Waals surface area contributed by atoms with Crippen LogP contribution in [-0.2, 0) is 11.3 Å². The van der Waals surface area contributed by atoms with E-state index in [0.29, 0.717) is 24.0 Å². The Morgan fingerprint density at radius 3 is 2.41 bits per heavy atom. The molecule has 0 fully saturated rings. The van der Waals surface area contributed by atoms with Gasteiger partial charge in [-0.1, -0.05) is 12.1 Å². The minimum atomic E-state index is -0.0980. The van der Waals surface area contributed by atoms with Gasteiger partial charge in [-0.3, -0.25) is 4.79 Å². The average molecular weight is 370 g/mol. The molecule has 0 bridgehead atoms. The van der Waals surface area contributed by atoms with Crippen molar-refractivity contribution in [1.82, 2.24) is 5.32 Å². The summed E-state index contributed by atoms with van der Waals surface area (Å²) in [7, 11) is 3.20. The topological polar surface area (TPSA) is 84.0 Å². The highest BCUT2D eigenvalue weighted by atomic mass is 16.5. The van der Waals surface area contributed by atoms with Gasteiger partial charge in [0.15, 0.2) is 17.5 Å². The molecule has 0 aromatic heterocycles. The van der Waals surface area contributed by atoms with Gasteiger partial charge in [-0.05, 0) is 36.8 Å². The van der Waals surface area contributed by atoms with Crippen molar-refractivity contribution in [1.29, 1.82) is 0 Å². The molecule has 0 aliphatic heterocycles. The molecule has 3 N–H and O–H groups in total. The number of hydrogen-bond acceptors (Lipinski definition) is 4. The fourth-order valence-electron chi connectivity index (χ4n) is 2.48. The first-order chi connectivity index (χ1) is 13.0. The quantitative estimate of drug-likeness (QED) is 0.515. The molecular weight excluding hydrogens is 344 g/mol. The number of nitrogens with one attached hydrogen (secondary N) is 3. The van der Waals surface area contributed by atoms with Crippen molar-refractivity contribution < 1.29 is 14.3 Å². The lowest BCUT2D eigenvalue weighted by Gasteiger charge is -2.14. The number of ether oxygens (including phenoxy) is 2. The second-order valence-corrected chi connectivity index (χ2v) is 5.77. The minimum absolute atomic E-state index is 0.0980. The van der Waals surface area contributed by atoms with Crippen molar-refractivity contribution in [3.05, 3.63) is 48.0 Å². The number of rotatable bonds is 7. The molecule has 7 heteroatoms. The van der Waals surface area contributed by atoms with E-state index < -0.39 is 0 Å². The highest BCUT2D eigenvalue weighted by Crippen LogP contribution is 2.29. The molecule has 144 valence electrons. The molecule has 0 aliphatic rings. The maximum Gasteiger partial charge on any atom is 0.221 e. The summed E-state index contributed by atoms with van der Waals surface area (Å²) in [6.07, 6.45) is 0. The largest absolute Gasteiger partial charge is 0.493 e. The van der Waals surface area contributed by atoms with Crippen LogP contribution in [0.4, 0.5) is 11.4 Å². The van der Waals surface area contributed by atoms with Gasteiger partial charge in [0.2, 0.25) is 5.91 Å². The van der Waals surface area contributed by atoms with Crippen LogP contribution in [0.1, 0.15) is 19.4 Å². The normalized spacial score (nSPS) is 10.9. The van der Waals surface area contributed by atoms with E-state index in [2.05, 4.69) is 20.9 Å². The standard InChI is InChI=1S/C20H26N4O3/c1-5-21-20(24-17-9-10-18(26-3)19(12-17)27-4)22-13-15-7-6-8-16(11-15)23-14(2)25/h6-12H,5,13H2,1-4H3,(H,23,25)(H2,21,22,24). The second kappa shape index (κ2) is 10.1. The first kappa shape index (κ1) is 20.1. The molecule has 7 nitrogen and oxygen atoms in total. The third-order valence-electron chi connectivity index (χ3n) is 3.66. The van der Waals surface area contributed by atoms with E-state index in [9.17, 15) is 4.79 Å². The molecule has 2 aromatic rings. The lowest BCUT2D eigenvalue weighted by Crippen LogP contribution is -2.30. The molecule has 2 aromatic carbocycles.